The summed E-state index contributed by atoms with van der Waals surface area (Å²) in [6.07, 6.45) is 0.983. The van der Waals surface area contributed by atoms with Crippen LogP contribution in [-0.4, -0.2) is 24.9 Å². The average Bonchev–Trinajstić information content (AvgIpc) is 2.36. The summed E-state index contributed by atoms with van der Waals surface area (Å²) in [5.41, 5.74) is 3.14. The highest BCUT2D eigenvalue weighted by Gasteiger charge is 2.27. The van der Waals surface area contributed by atoms with Crippen LogP contribution in [0.25, 0.3) is 0 Å². The Hall–Kier alpha value is -0.860. The Labute approximate surface area is 130 Å². The zero-order valence-electron chi connectivity index (χ0n) is 14.6. The molecule has 0 heterocycles. The molecular weight excluding hydrogens is 260 g/mol. The third kappa shape index (κ3) is 5.80. The first kappa shape index (κ1) is 18.2. The molecule has 1 aromatic rings. The fourth-order valence-electron chi connectivity index (χ4n) is 2.69. The van der Waals surface area contributed by atoms with Gasteiger partial charge in [0.15, 0.2) is 0 Å². The van der Waals surface area contributed by atoms with E-state index >= 15 is 0 Å². The molecule has 1 rings (SSSR count). The van der Waals surface area contributed by atoms with Gasteiger partial charge in [0, 0.05) is 6.61 Å². The zero-order chi connectivity index (χ0) is 16.1. The van der Waals surface area contributed by atoms with Gasteiger partial charge in [0.1, 0.15) is 0 Å². The second-order valence-corrected chi connectivity index (χ2v) is 7.92. The molecule has 0 spiro atoms. The lowest BCUT2D eigenvalue weighted by molar-refractivity contribution is 0.0803. The molecule has 0 radical (unpaired) electrons. The molecule has 0 bridgehead atoms. The van der Waals surface area contributed by atoms with Crippen molar-refractivity contribution in [3.63, 3.8) is 0 Å². The summed E-state index contributed by atoms with van der Waals surface area (Å²) in [5.74, 6) is 0.457. The average molecular weight is 292 g/mol. The number of aliphatic hydroxyl groups is 1. The summed E-state index contributed by atoms with van der Waals surface area (Å²) in [6.45, 7) is 14.8. The Morgan fingerprint density at radius 2 is 1.71 bits per heavy atom. The van der Waals surface area contributed by atoms with Crippen molar-refractivity contribution in [2.24, 2.45) is 5.41 Å². The molecule has 21 heavy (non-hydrogen) atoms. The molecule has 2 heteroatoms. The van der Waals surface area contributed by atoms with E-state index in [1.807, 2.05) is 0 Å². The number of ether oxygens (including phenoxy) is 1. The maximum atomic E-state index is 8.81. The van der Waals surface area contributed by atoms with Crippen LogP contribution < -0.4 is 0 Å². The highest BCUT2D eigenvalue weighted by atomic mass is 16.5. The topological polar surface area (TPSA) is 29.5 Å². The Morgan fingerprint density at radius 3 is 2.24 bits per heavy atom. The maximum absolute atomic E-state index is 8.81. The SMILES string of the molecule is CC(C)(C)c1cccc(C(CCOCCO)C(C)(C)C)c1. The fourth-order valence-corrected chi connectivity index (χ4v) is 2.69. The summed E-state index contributed by atoms with van der Waals surface area (Å²) < 4.78 is 5.48. The normalized spacial score (nSPS) is 14.2. The summed E-state index contributed by atoms with van der Waals surface area (Å²) in [4.78, 5) is 0. The number of benzene rings is 1. The highest BCUT2D eigenvalue weighted by Crippen LogP contribution is 2.39. The molecule has 0 aromatic heterocycles. The Bertz CT molecular complexity index is 424. The lowest BCUT2D eigenvalue weighted by atomic mass is 9.73. The molecule has 0 aliphatic rings. The van der Waals surface area contributed by atoms with Crippen molar-refractivity contribution in [1.82, 2.24) is 0 Å². The first-order valence-corrected chi connectivity index (χ1v) is 7.95. The van der Waals surface area contributed by atoms with Gasteiger partial charge in [-0.05, 0) is 34.3 Å². The fraction of sp³-hybridized carbons (Fsp3) is 0.684. The molecule has 1 atom stereocenters. The predicted octanol–water partition coefficient (Wildman–Crippen LogP) is 4.51. The van der Waals surface area contributed by atoms with Gasteiger partial charge in [0.2, 0.25) is 0 Å². The Balaban J connectivity index is 2.93. The minimum absolute atomic E-state index is 0.0969. The quantitative estimate of drug-likeness (QED) is 0.782. The van der Waals surface area contributed by atoms with Crippen LogP contribution in [0.15, 0.2) is 24.3 Å². The van der Waals surface area contributed by atoms with Crippen molar-refractivity contribution < 1.29 is 9.84 Å². The van der Waals surface area contributed by atoms with E-state index in [0.29, 0.717) is 19.1 Å². The van der Waals surface area contributed by atoms with E-state index in [1.54, 1.807) is 0 Å². The van der Waals surface area contributed by atoms with Gasteiger partial charge in [0.05, 0.1) is 13.2 Å². The molecule has 120 valence electrons. The van der Waals surface area contributed by atoms with Crippen LogP contribution in [-0.2, 0) is 10.2 Å². The van der Waals surface area contributed by atoms with Gasteiger partial charge in [-0.1, -0.05) is 65.8 Å². The van der Waals surface area contributed by atoms with Crippen LogP contribution in [0.5, 0.6) is 0 Å². The van der Waals surface area contributed by atoms with Crippen LogP contribution >= 0.6 is 0 Å². The van der Waals surface area contributed by atoms with Crippen LogP contribution in [0.3, 0.4) is 0 Å². The van der Waals surface area contributed by atoms with E-state index in [9.17, 15) is 0 Å². The molecule has 0 saturated carbocycles. The second kappa shape index (κ2) is 7.42. The maximum Gasteiger partial charge on any atom is 0.0697 e. The van der Waals surface area contributed by atoms with E-state index in [2.05, 4.69) is 65.8 Å². The van der Waals surface area contributed by atoms with Gasteiger partial charge in [-0.2, -0.15) is 0 Å². The van der Waals surface area contributed by atoms with Crippen LogP contribution in [0, 0.1) is 5.41 Å². The van der Waals surface area contributed by atoms with Gasteiger partial charge >= 0.3 is 0 Å². The summed E-state index contributed by atoms with van der Waals surface area (Å²) in [6, 6.07) is 8.97. The molecule has 2 nitrogen and oxygen atoms in total. The Kier molecular flexibility index (Phi) is 6.42. The van der Waals surface area contributed by atoms with Crippen molar-refractivity contribution >= 4 is 0 Å². The van der Waals surface area contributed by atoms with Gasteiger partial charge in [-0.15, -0.1) is 0 Å². The van der Waals surface area contributed by atoms with E-state index in [-0.39, 0.29) is 17.4 Å². The third-order valence-electron chi connectivity index (χ3n) is 3.99. The van der Waals surface area contributed by atoms with E-state index in [4.69, 9.17) is 9.84 Å². The number of aliphatic hydroxyl groups excluding tert-OH is 1. The van der Waals surface area contributed by atoms with E-state index in [0.717, 1.165) is 6.42 Å². The third-order valence-corrected chi connectivity index (χ3v) is 3.99. The molecule has 1 aromatic carbocycles. The first-order valence-electron chi connectivity index (χ1n) is 7.95. The van der Waals surface area contributed by atoms with Crippen LogP contribution in [0.2, 0.25) is 0 Å². The van der Waals surface area contributed by atoms with Gasteiger partial charge < -0.3 is 9.84 Å². The van der Waals surface area contributed by atoms with Crippen molar-refractivity contribution in [2.75, 3.05) is 19.8 Å². The minimum atomic E-state index is 0.0969. The predicted molar refractivity (Wildman–Crippen MR) is 89.9 cm³/mol. The number of hydrogen-bond donors (Lipinski definition) is 1. The smallest absolute Gasteiger partial charge is 0.0697 e. The number of rotatable bonds is 6. The Morgan fingerprint density at radius 1 is 1.05 bits per heavy atom. The zero-order valence-corrected chi connectivity index (χ0v) is 14.6. The van der Waals surface area contributed by atoms with Crippen LogP contribution in [0.1, 0.15) is 65.0 Å². The summed E-state index contributed by atoms with van der Waals surface area (Å²) in [5, 5.41) is 8.81. The molecule has 0 amide bonds. The molecule has 1 N–H and O–H groups in total. The molecule has 0 saturated heterocycles. The largest absolute Gasteiger partial charge is 0.394 e. The number of hydrogen-bond acceptors (Lipinski definition) is 2. The second-order valence-electron chi connectivity index (χ2n) is 7.92. The van der Waals surface area contributed by atoms with Crippen molar-refractivity contribution in [2.45, 2.75) is 59.3 Å². The van der Waals surface area contributed by atoms with E-state index < -0.39 is 0 Å². The lowest BCUT2D eigenvalue weighted by Crippen LogP contribution is -2.21. The molecule has 0 aliphatic carbocycles. The summed E-state index contributed by atoms with van der Waals surface area (Å²) in [7, 11) is 0. The van der Waals surface area contributed by atoms with Crippen LogP contribution in [0.4, 0.5) is 0 Å². The van der Waals surface area contributed by atoms with Crippen molar-refractivity contribution in [3.8, 4) is 0 Å². The highest BCUT2D eigenvalue weighted by molar-refractivity contribution is 5.31. The lowest BCUT2D eigenvalue weighted by Gasteiger charge is -2.32. The van der Waals surface area contributed by atoms with Gasteiger partial charge in [0.25, 0.3) is 0 Å². The molecule has 0 fully saturated rings. The minimum Gasteiger partial charge on any atom is -0.394 e. The molecular formula is C19H32O2. The molecule has 1 unspecified atom stereocenters. The molecule has 0 aliphatic heterocycles. The van der Waals surface area contributed by atoms with Gasteiger partial charge in [-0.25, -0.2) is 0 Å². The summed E-state index contributed by atoms with van der Waals surface area (Å²) >= 11 is 0. The van der Waals surface area contributed by atoms with E-state index in [1.165, 1.54) is 11.1 Å². The standard InChI is InChI=1S/C19H32O2/c1-18(2,3)16-9-7-8-15(14-16)17(19(4,5)6)10-12-21-13-11-20/h7-9,14,17,20H,10-13H2,1-6H3. The monoisotopic (exact) mass is 292 g/mol. The van der Waals surface area contributed by atoms with Gasteiger partial charge in [-0.3, -0.25) is 0 Å². The van der Waals surface area contributed by atoms with Crippen molar-refractivity contribution in [3.05, 3.63) is 35.4 Å². The first-order chi connectivity index (χ1) is 9.66. The van der Waals surface area contributed by atoms with Crippen molar-refractivity contribution in [1.29, 1.82) is 0 Å².